The molecular weight excluding hydrogens is 380 g/mol. The average molecular weight is 406 g/mol. The summed E-state index contributed by atoms with van der Waals surface area (Å²) in [5.41, 5.74) is 8.26. The second-order valence-corrected chi connectivity index (χ2v) is 7.94. The van der Waals surface area contributed by atoms with Gasteiger partial charge in [0, 0.05) is 35.8 Å². The van der Waals surface area contributed by atoms with E-state index >= 15 is 0 Å². The first-order valence-corrected chi connectivity index (χ1v) is 10.4. The molecule has 7 heteroatoms. The summed E-state index contributed by atoms with van der Waals surface area (Å²) < 4.78 is 0. The van der Waals surface area contributed by atoms with Crippen molar-refractivity contribution < 1.29 is 14.4 Å². The van der Waals surface area contributed by atoms with Crippen LogP contribution in [0.25, 0.3) is 0 Å². The molecule has 1 aliphatic carbocycles. The number of hydrogen-bond acceptors (Lipinski definition) is 4. The second kappa shape index (κ2) is 8.57. The molecule has 1 heterocycles. The Balaban J connectivity index is 1.56. The maximum Gasteiger partial charge on any atom is 0.255 e. The predicted octanol–water partition coefficient (Wildman–Crippen LogP) is 3.38. The summed E-state index contributed by atoms with van der Waals surface area (Å²) in [4.78, 5) is 38.8. The van der Waals surface area contributed by atoms with Crippen LogP contribution in [-0.2, 0) is 4.79 Å². The Morgan fingerprint density at radius 1 is 0.900 bits per heavy atom. The summed E-state index contributed by atoms with van der Waals surface area (Å²) in [7, 11) is 0. The van der Waals surface area contributed by atoms with Crippen molar-refractivity contribution in [3.8, 4) is 0 Å². The molecule has 0 aromatic heterocycles. The van der Waals surface area contributed by atoms with Crippen molar-refractivity contribution in [1.29, 1.82) is 0 Å². The van der Waals surface area contributed by atoms with E-state index < -0.39 is 5.91 Å². The lowest BCUT2D eigenvalue weighted by Gasteiger charge is -2.30. The van der Waals surface area contributed by atoms with E-state index in [1.54, 1.807) is 36.4 Å². The number of piperidine rings is 1. The number of nitrogens with zero attached hydrogens (tertiary/aromatic N) is 1. The number of anilines is 3. The van der Waals surface area contributed by atoms with Gasteiger partial charge in [0.2, 0.25) is 11.8 Å². The SMILES string of the molecule is NC(=O)c1ccc(N2CCCCC2)c(NC(=O)c2cccc(NC(=O)C3CC3)c2)c1. The lowest BCUT2D eigenvalue weighted by Crippen LogP contribution is -2.30. The molecule has 1 saturated carbocycles. The second-order valence-electron chi connectivity index (χ2n) is 7.94. The summed E-state index contributed by atoms with van der Waals surface area (Å²) >= 11 is 0. The highest BCUT2D eigenvalue weighted by atomic mass is 16.2. The van der Waals surface area contributed by atoms with Crippen LogP contribution in [0.4, 0.5) is 17.1 Å². The van der Waals surface area contributed by atoms with Crippen molar-refractivity contribution >= 4 is 34.8 Å². The zero-order valence-corrected chi connectivity index (χ0v) is 16.8. The number of carbonyl (C=O) groups is 3. The van der Waals surface area contributed by atoms with Crippen molar-refractivity contribution in [2.24, 2.45) is 11.7 Å². The van der Waals surface area contributed by atoms with Crippen LogP contribution in [-0.4, -0.2) is 30.8 Å². The largest absolute Gasteiger partial charge is 0.370 e. The topological polar surface area (TPSA) is 105 Å². The highest BCUT2D eigenvalue weighted by molar-refractivity contribution is 6.08. The summed E-state index contributed by atoms with van der Waals surface area (Å²) in [6, 6.07) is 12.0. The molecule has 0 bridgehead atoms. The molecule has 156 valence electrons. The maximum absolute atomic E-state index is 13.0. The zero-order valence-electron chi connectivity index (χ0n) is 16.8. The van der Waals surface area contributed by atoms with E-state index in [-0.39, 0.29) is 17.7 Å². The van der Waals surface area contributed by atoms with Gasteiger partial charge in [-0.2, -0.15) is 0 Å². The van der Waals surface area contributed by atoms with Gasteiger partial charge in [0.05, 0.1) is 11.4 Å². The summed E-state index contributed by atoms with van der Waals surface area (Å²) in [6.45, 7) is 1.81. The molecule has 2 aromatic rings. The number of carbonyl (C=O) groups excluding carboxylic acids is 3. The van der Waals surface area contributed by atoms with E-state index in [9.17, 15) is 14.4 Å². The van der Waals surface area contributed by atoms with Gasteiger partial charge in [-0.3, -0.25) is 14.4 Å². The molecule has 2 fully saturated rings. The molecule has 4 rings (SSSR count). The Bertz CT molecular complexity index is 978. The Morgan fingerprint density at radius 2 is 1.67 bits per heavy atom. The third-order valence-corrected chi connectivity index (χ3v) is 5.57. The molecule has 2 aliphatic rings. The Labute approximate surface area is 175 Å². The number of primary amides is 1. The third kappa shape index (κ3) is 4.62. The summed E-state index contributed by atoms with van der Waals surface area (Å²) in [5.74, 6) is -0.766. The normalized spacial score (nSPS) is 16.1. The van der Waals surface area contributed by atoms with Gasteiger partial charge in [-0.15, -0.1) is 0 Å². The number of rotatable bonds is 6. The molecule has 1 saturated heterocycles. The predicted molar refractivity (Wildman–Crippen MR) is 117 cm³/mol. The number of nitrogens with two attached hydrogens (primary N) is 1. The molecule has 4 N–H and O–H groups in total. The van der Waals surface area contributed by atoms with E-state index in [0.717, 1.165) is 44.5 Å². The van der Waals surface area contributed by atoms with Crippen LogP contribution in [0, 0.1) is 5.92 Å². The maximum atomic E-state index is 13.0. The summed E-state index contributed by atoms with van der Waals surface area (Å²) in [6.07, 6.45) is 5.21. The van der Waals surface area contributed by atoms with Crippen LogP contribution >= 0.6 is 0 Å². The van der Waals surface area contributed by atoms with Gasteiger partial charge in [-0.1, -0.05) is 6.07 Å². The first kappa shape index (κ1) is 19.9. The lowest BCUT2D eigenvalue weighted by molar-refractivity contribution is -0.117. The van der Waals surface area contributed by atoms with Gasteiger partial charge in [0.15, 0.2) is 0 Å². The van der Waals surface area contributed by atoms with E-state index in [2.05, 4.69) is 15.5 Å². The molecule has 0 radical (unpaired) electrons. The van der Waals surface area contributed by atoms with Crippen LogP contribution in [0.3, 0.4) is 0 Å². The van der Waals surface area contributed by atoms with Crippen molar-refractivity contribution in [3.63, 3.8) is 0 Å². The quantitative estimate of drug-likeness (QED) is 0.684. The van der Waals surface area contributed by atoms with Crippen molar-refractivity contribution in [2.45, 2.75) is 32.1 Å². The van der Waals surface area contributed by atoms with E-state index in [4.69, 9.17) is 5.73 Å². The highest BCUT2D eigenvalue weighted by Gasteiger charge is 2.29. The fourth-order valence-corrected chi connectivity index (χ4v) is 3.72. The van der Waals surface area contributed by atoms with Crippen LogP contribution in [0.5, 0.6) is 0 Å². The Hall–Kier alpha value is -3.35. The smallest absolute Gasteiger partial charge is 0.255 e. The van der Waals surface area contributed by atoms with E-state index in [1.807, 2.05) is 6.07 Å². The van der Waals surface area contributed by atoms with E-state index in [1.165, 1.54) is 6.42 Å². The van der Waals surface area contributed by atoms with Gasteiger partial charge in [0.25, 0.3) is 5.91 Å². The van der Waals surface area contributed by atoms with Gasteiger partial charge >= 0.3 is 0 Å². The van der Waals surface area contributed by atoms with Gasteiger partial charge in [0.1, 0.15) is 0 Å². The minimum absolute atomic E-state index is 0.00546. The average Bonchev–Trinajstić information content (AvgIpc) is 3.60. The Kier molecular flexibility index (Phi) is 5.70. The van der Waals surface area contributed by atoms with Crippen LogP contribution in [0.2, 0.25) is 0 Å². The first-order valence-electron chi connectivity index (χ1n) is 10.4. The summed E-state index contributed by atoms with van der Waals surface area (Å²) in [5, 5.41) is 5.80. The lowest BCUT2D eigenvalue weighted by atomic mass is 10.1. The molecule has 7 nitrogen and oxygen atoms in total. The third-order valence-electron chi connectivity index (χ3n) is 5.57. The Morgan fingerprint density at radius 3 is 2.37 bits per heavy atom. The van der Waals surface area contributed by atoms with Crippen LogP contribution in [0.15, 0.2) is 42.5 Å². The van der Waals surface area contributed by atoms with Crippen LogP contribution in [0.1, 0.15) is 52.8 Å². The van der Waals surface area contributed by atoms with Crippen molar-refractivity contribution in [1.82, 2.24) is 0 Å². The monoisotopic (exact) mass is 406 g/mol. The molecule has 30 heavy (non-hydrogen) atoms. The van der Waals surface area contributed by atoms with E-state index in [0.29, 0.717) is 22.5 Å². The van der Waals surface area contributed by atoms with Crippen LogP contribution < -0.4 is 21.3 Å². The fourth-order valence-electron chi connectivity index (χ4n) is 3.72. The highest BCUT2D eigenvalue weighted by Crippen LogP contribution is 2.31. The first-order chi connectivity index (χ1) is 14.5. The standard InChI is InChI=1S/C23H26N4O3/c24-21(28)16-9-10-20(27-11-2-1-3-12-27)19(14-16)26-23(30)17-5-4-6-18(13-17)25-22(29)15-7-8-15/h4-6,9-10,13-15H,1-3,7-8,11-12H2,(H2,24,28)(H,25,29)(H,26,30). The molecular formula is C23H26N4O3. The van der Waals surface area contributed by atoms with Gasteiger partial charge < -0.3 is 21.3 Å². The minimum Gasteiger partial charge on any atom is -0.370 e. The van der Waals surface area contributed by atoms with Gasteiger partial charge in [-0.25, -0.2) is 0 Å². The molecule has 3 amide bonds. The molecule has 2 aromatic carbocycles. The van der Waals surface area contributed by atoms with Crippen molar-refractivity contribution in [2.75, 3.05) is 28.6 Å². The number of amides is 3. The molecule has 0 unspecified atom stereocenters. The van der Waals surface area contributed by atoms with Crippen molar-refractivity contribution in [3.05, 3.63) is 53.6 Å². The molecule has 1 aliphatic heterocycles. The number of nitrogens with one attached hydrogen (secondary N) is 2. The number of hydrogen-bond donors (Lipinski definition) is 3. The minimum atomic E-state index is -0.541. The molecule has 0 spiro atoms. The zero-order chi connectivity index (χ0) is 21.1. The number of benzene rings is 2. The molecule has 0 atom stereocenters. The fraction of sp³-hybridized carbons (Fsp3) is 0.348. The van der Waals surface area contributed by atoms with Gasteiger partial charge in [-0.05, 0) is 68.5 Å².